The molecule has 0 bridgehead atoms. The molecule has 1 aliphatic carbocycles. The fourth-order valence-corrected chi connectivity index (χ4v) is 3.53. The number of hydrogen-bond donors (Lipinski definition) is 1. The van der Waals surface area contributed by atoms with Gasteiger partial charge in [-0.15, -0.1) is 0 Å². The number of primary amides is 1. The number of esters is 1. The summed E-state index contributed by atoms with van der Waals surface area (Å²) in [5, 5.41) is 0. The van der Waals surface area contributed by atoms with Gasteiger partial charge in [-0.05, 0) is 48.4 Å². The van der Waals surface area contributed by atoms with Gasteiger partial charge in [-0.2, -0.15) is 0 Å². The summed E-state index contributed by atoms with van der Waals surface area (Å²) in [4.78, 5) is 24.2. The molecule has 0 fully saturated rings. The number of fused-ring (bicyclic) bond motifs is 1. The maximum atomic E-state index is 12.5. The molecule has 3 rings (SSSR count). The van der Waals surface area contributed by atoms with Gasteiger partial charge in [-0.25, -0.2) is 0 Å². The van der Waals surface area contributed by atoms with Gasteiger partial charge < -0.3 is 15.2 Å². The van der Waals surface area contributed by atoms with E-state index in [0.717, 1.165) is 30.6 Å². The second-order valence-corrected chi connectivity index (χ2v) is 6.54. The number of amides is 1. The number of hydrogen-bond acceptors (Lipinski definition) is 4. The number of methoxy groups -OCH3 is 1. The van der Waals surface area contributed by atoms with Crippen molar-refractivity contribution in [3.8, 4) is 5.75 Å². The summed E-state index contributed by atoms with van der Waals surface area (Å²) < 4.78 is 10.7. The average molecular weight is 353 g/mol. The smallest absolute Gasteiger partial charge is 0.307 e. The number of ether oxygens (including phenoxy) is 2. The Labute approximate surface area is 153 Å². The molecule has 1 aliphatic rings. The van der Waals surface area contributed by atoms with Crippen molar-refractivity contribution in [2.75, 3.05) is 7.11 Å². The third kappa shape index (κ3) is 4.04. The normalized spacial score (nSPS) is 17.0. The van der Waals surface area contributed by atoms with E-state index in [1.165, 1.54) is 5.56 Å². The van der Waals surface area contributed by atoms with Crippen molar-refractivity contribution in [3.05, 3.63) is 65.2 Å². The van der Waals surface area contributed by atoms with Crippen LogP contribution in [0.5, 0.6) is 5.75 Å². The molecule has 2 N–H and O–H groups in total. The number of benzene rings is 2. The van der Waals surface area contributed by atoms with Crippen molar-refractivity contribution in [1.82, 2.24) is 0 Å². The molecule has 2 atom stereocenters. The van der Waals surface area contributed by atoms with Gasteiger partial charge in [0.15, 0.2) is 0 Å². The second-order valence-electron chi connectivity index (χ2n) is 6.54. The zero-order valence-corrected chi connectivity index (χ0v) is 14.8. The van der Waals surface area contributed by atoms with Crippen LogP contribution in [-0.4, -0.2) is 19.0 Å². The van der Waals surface area contributed by atoms with Crippen molar-refractivity contribution in [2.45, 2.75) is 37.7 Å². The zero-order chi connectivity index (χ0) is 18.5. The van der Waals surface area contributed by atoms with E-state index in [0.29, 0.717) is 5.56 Å². The van der Waals surface area contributed by atoms with Gasteiger partial charge in [0.25, 0.3) is 5.91 Å². The standard InChI is InChI=1S/C21H23NO4/c1-25-17-10-11-18-15(12-17)8-5-9-16(18)13-19(23)26-20(21(22)24)14-6-3-2-4-7-14/h2-4,6-7,10-12,16,20H,5,8-9,13H2,1H3,(H2,22,24). The summed E-state index contributed by atoms with van der Waals surface area (Å²) in [7, 11) is 1.65. The van der Waals surface area contributed by atoms with Crippen LogP contribution < -0.4 is 10.5 Å². The number of carbonyl (C=O) groups is 2. The highest BCUT2D eigenvalue weighted by atomic mass is 16.5. The van der Waals surface area contributed by atoms with Crippen LogP contribution in [-0.2, 0) is 20.7 Å². The van der Waals surface area contributed by atoms with Crippen LogP contribution in [0.4, 0.5) is 0 Å². The van der Waals surface area contributed by atoms with Crippen LogP contribution in [0.2, 0.25) is 0 Å². The summed E-state index contributed by atoms with van der Waals surface area (Å²) in [5.74, 6) is -0.170. The van der Waals surface area contributed by atoms with Gasteiger partial charge >= 0.3 is 5.97 Å². The molecule has 2 aromatic rings. The summed E-state index contributed by atoms with van der Waals surface area (Å²) in [6.45, 7) is 0. The molecule has 136 valence electrons. The highest BCUT2D eigenvalue weighted by Crippen LogP contribution is 2.36. The highest BCUT2D eigenvalue weighted by Gasteiger charge is 2.27. The minimum absolute atomic E-state index is 0.0847. The zero-order valence-electron chi connectivity index (χ0n) is 14.8. The van der Waals surface area contributed by atoms with E-state index in [9.17, 15) is 9.59 Å². The summed E-state index contributed by atoms with van der Waals surface area (Å²) >= 11 is 0. The quantitative estimate of drug-likeness (QED) is 0.809. The molecule has 0 heterocycles. The van der Waals surface area contributed by atoms with E-state index < -0.39 is 18.0 Å². The summed E-state index contributed by atoms with van der Waals surface area (Å²) in [6.07, 6.45) is 2.08. The van der Waals surface area contributed by atoms with E-state index in [1.807, 2.05) is 24.3 Å². The average Bonchev–Trinajstić information content (AvgIpc) is 2.66. The van der Waals surface area contributed by atoms with E-state index in [-0.39, 0.29) is 12.3 Å². The molecule has 0 saturated heterocycles. The molecule has 0 aromatic heterocycles. The lowest BCUT2D eigenvalue weighted by atomic mass is 9.81. The Morgan fingerprint density at radius 3 is 2.65 bits per heavy atom. The van der Waals surface area contributed by atoms with Gasteiger partial charge in [-0.3, -0.25) is 9.59 Å². The van der Waals surface area contributed by atoms with Gasteiger partial charge in [0.2, 0.25) is 6.10 Å². The van der Waals surface area contributed by atoms with E-state index in [2.05, 4.69) is 0 Å². The van der Waals surface area contributed by atoms with Crippen LogP contribution in [0.3, 0.4) is 0 Å². The number of rotatable bonds is 6. The van der Waals surface area contributed by atoms with Crippen LogP contribution in [0.1, 0.15) is 48.0 Å². The van der Waals surface area contributed by atoms with Crippen molar-refractivity contribution < 1.29 is 19.1 Å². The Morgan fingerprint density at radius 1 is 1.19 bits per heavy atom. The first-order valence-corrected chi connectivity index (χ1v) is 8.79. The lowest BCUT2D eigenvalue weighted by Crippen LogP contribution is -2.27. The predicted molar refractivity (Wildman–Crippen MR) is 97.8 cm³/mol. The van der Waals surface area contributed by atoms with Crippen molar-refractivity contribution in [2.24, 2.45) is 5.73 Å². The maximum absolute atomic E-state index is 12.5. The molecule has 26 heavy (non-hydrogen) atoms. The molecule has 0 spiro atoms. The largest absolute Gasteiger partial charge is 0.497 e. The molecule has 0 saturated carbocycles. The maximum Gasteiger partial charge on any atom is 0.307 e. The fraction of sp³-hybridized carbons (Fsp3) is 0.333. The van der Waals surface area contributed by atoms with Gasteiger partial charge in [0.05, 0.1) is 13.5 Å². The van der Waals surface area contributed by atoms with E-state index in [4.69, 9.17) is 15.2 Å². The van der Waals surface area contributed by atoms with Crippen molar-refractivity contribution >= 4 is 11.9 Å². The van der Waals surface area contributed by atoms with Crippen LogP contribution in [0.25, 0.3) is 0 Å². The third-order valence-corrected chi connectivity index (χ3v) is 4.81. The van der Waals surface area contributed by atoms with Gasteiger partial charge in [0.1, 0.15) is 5.75 Å². The van der Waals surface area contributed by atoms with Crippen LogP contribution >= 0.6 is 0 Å². The SMILES string of the molecule is COc1ccc2c(c1)CCCC2CC(=O)OC(C(N)=O)c1ccccc1. The minimum Gasteiger partial charge on any atom is -0.497 e. The van der Waals surface area contributed by atoms with Gasteiger partial charge in [0, 0.05) is 5.56 Å². The molecular weight excluding hydrogens is 330 g/mol. The number of aryl methyl sites for hydroxylation is 1. The Balaban J connectivity index is 1.71. The summed E-state index contributed by atoms with van der Waals surface area (Å²) in [5.41, 5.74) is 8.38. The van der Waals surface area contributed by atoms with Crippen molar-refractivity contribution in [1.29, 1.82) is 0 Å². The van der Waals surface area contributed by atoms with Gasteiger partial charge in [-0.1, -0.05) is 36.4 Å². The lowest BCUT2D eigenvalue weighted by molar-refractivity contribution is -0.155. The van der Waals surface area contributed by atoms with E-state index >= 15 is 0 Å². The Morgan fingerprint density at radius 2 is 1.96 bits per heavy atom. The molecule has 0 radical (unpaired) electrons. The molecule has 1 amide bonds. The molecule has 5 heteroatoms. The topological polar surface area (TPSA) is 78.6 Å². The Hall–Kier alpha value is -2.82. The molecule has 5 nitrogen and oxygen atoms in total. The Bertz CT molecular complexity index is 788. The lowest BCUT2D eigenvalue weighted by Gasteiger charge is -2.26. The molecular formula is C21H23NO4. The van der Waals surface area contributed by atoms with E-state index in [1.54, 1.807) is 31.4 Å². The fourth-order valence-electron chi connectivity index (χ4n) is 3.53. The third-order valence-electron chi connectivity index (χ3n) is 4.81. The number of nitrogens with two attached hydrogens (primary N) is 1. The molecule has 2 unspecified atom stereocenters. The van der Waals surface area contributed by atoms with Crippen LogP contribution in [0.15, 0.2) is 48.5 Å². The van der Waals surface area contributed by atoms with Crippen molar-refractivity contribution in [3.63, 3.8) is 0 Å². The first kappa shape index (κ1) is 18.0. The monoisotopic (exact) mass is 353 g/mol. The number of carbonyl (C=O) groups excluding carboxylic acids is 2. The van der Waals surface area contributed by atoms with Crippen LogP contribution in [0, 0.1) is 0 Å². The Kier molecular flexibility index (Phi) is 5.56. The predicted octanol–water partition coefficient (Wildman–Crippen LogP) is 3.28. The summed E-state index contributed by atoms with van der Waals surface area (Å²) in [6, 6.07) is 14.8. The first-order valence-electron chi connectivity index (χ1n) is 8.79. The highest BCUT2D eigenvalue weighted by molar-refractivity contribution is 5.83. The first-order chi connectivity index (χ1) is 12.6. The second kappa shape index (κ2) is 8.04. The molecule has 0 aliphatic heterocycles. The molecule has 2 aromatic carbocycles. The minimum atomic E-state index is -1.05.